The van der Waals surface area contributed by atoms with Crippen molar-refractivity contribution in [2.75, 3.05) is 24.0 Å². The van der Waals surface area contributed by atoms with E-state index in [2.05, 4.69) is 20.6 Å². The monoisotopic (exact) mass is 434 g/mol. The second-order valence-electron chi connectivity index (χ2n) is 6.99. The lowest BCUT2D eigenvalue weighted by molar-refractivity contribution is 0.0526. The highest BCUT2D eigenvalue weighted by Crippen LogP contribution is 2.32. The number of aryl methyl sites for hydroxylation is 1. The van der Waals surface area contributed by atoms with Gasteiger partial charge in [-0.1, -0.05) is 12.1 Å². The van der Waals surface area contributed by atoms with E-state index in [4.69, 9.17) is 14.2 Å². The van der Waals surface area contributed by atoms with Crippen molar-refractivity contribution in [3.8, 4) is 11.5 Å². The summed E-state index contributed by atoms with van der Waals surface area (Å²) in [6.45, 7) is 4.46. The third-order valence-electron chi connectivity index (χ3n) is 4.74. The molecule has 0 saturated heterocycles. The number of anilines is 2. The Labute approximate surface area is 184 Å². The smallest absolute Gasteiger partial charge is 0.338 e. The molecule has 3 aromatic rings. The molecule has 1 aromatic heterocycles. The number of amides is 1. The third kappa shape index (κ3) is 4.77. The quantitative estimate of drug-likeness (QED) is 0.543. The van der Waals surface area contributed by atoms with Crippen molar-refractivity contribution in [2.45, 2.75) is 20.4 Å². The highest BCUT2D eigenvalue weighted by Gasteiger charge is 2.15. The molecule has 1 amide bonds. The standard InChI is InChI=1S/C23H22N4O5/c1-3-30-22(29)16-5-4-6-17(10-16)27-21(28)18-12-25-23(26-14(18)2)24-11-15-7-8-19-20(9-15)32-13-31-19/h4-10,12H,3,11,13H2,1-2H3,(H,27,28)(H,24,25,26). The van der Waals surface area contributed by atoms with Gasteiger partial charge in [0.25, 0.3) is 5.91 Å². The number of hydrogen-bond acceptors (Lipinski definition) is 8. The van der Waals surface area contributed by atoms with E-state index in [1.54, 1.807) is 38.1 Å². The average Bonchev–Trinajstić information content (AvgIpc) is 3.26. The molecule has 32 heavy (non-hydrogen) atoms. The molecule has 0 bridgehead atoms. The molecule has 0 saturated carbocycles. The fourth-order valence-corrected chi connectivity index (χ4v) is 3.14. The number of ether oxygens (including phenoxy) is 3. The van der Waals surface area contributed by atoms with E-state index in [0.29, 0.717) is 40.8 Å². The van der Waals surface area contributed by atoms with Crippen LogP contribution in [-0.2, 0) is 11.3 Å². The van der Waals surface area contributed by atoms with Gasteiger partial charge >= 0.3 is 5.97 Å². The lowest BCUT2D eigenvalue weighted by Gasteiger charge is -2.10. The van der Waals surface area contributed by atoms with Gasteiger partial charge in [-0.15, -0.1) is 0 Å². The van der Waals surface area contributed by atoms with Crippen LogP contribution in [0.15, 0.2) is 48.7 Å². The van der Waals surface area contributed by atoms with Crippen LogP contribution in [0.25, 0.3) is 0 Å². The number of aromatic nitrogens is 2. The Bertz CT molecular complexity index is 1160. The predicted molar refractivity (Wildman–Crippen MR) is 117 cm³/mol. The van der Waals surface area contributed by atoms with Gasteiger partial charge in [0.05, 0.1) is 23.4 Å². The Balaban J connectivity index is 1.40. The highest BCUT2D eigenvalue weighted by molar-refractivity contribution is 6.05. The molecule has 1 aliphatic rings. The summed E-state index contributed by atoms with van der Waals surface area (Å²) < 4.78 is 15.7. The normalized spacial score (nSPS) is 11.7. The molecule has 0 spiro atoms. The van der Waals surface area contributed by atoms with Gasteiger partial charge in [-0.25, -0.2) is 14.8 Å². The number of nitrogens with one attached hydrogen (secondary N) is 2. The van der Waals surface area contributed by atoms with Crippen LogP contribution in [0.2, 0.25) is 0 Å². The van der Waals surface area contributed by atoms with E-state index in [1.807, 2.05) is 18.2 Å². The van der Waals surface area contributed by atoms with Gasteiger partial charge in [0.2, 0.25) is 12.7 Å². The molecular formula is C23H22N4O5. The van der Waals surface area contributed by atoms with Crippen LogP contribution < -0.4 is 20.1 Å². The van der Waals surface area contributed by atoms with Gasteiger partial charge in [-0.05, 0) is 49.7 Å². The van der Waals surface area contributed by atoms with E-state index in [1.165, 1.54) is 6.20 Å². The minimum Gasteiger partial charge on any atom is -0.462 e. The minimum absolute atomic E-state index is 0.227. The van der Waals surface area contributed by atoms with Crippen LogP contribution in [-0.4, -0.2) is 35.2 Å². The molecular weight excluding hydrogens is 412 g/mol. The molecule has 9 heteroatoms. The molecule has 4 rings (SSSR count). The Morgan fingerprint density at radius 3 is 2.78 bits per heavy atom. The first-order valence-electron chi connectivity index (χ1n) is 10.1. The predicted octanol–water partition coefficient (Wildman–Crippen LogP) is 3.55. The van der Waals surface area contributed by atoms with E-state index < -0.39 is 5.97 Å². The Morgan fingerprint density at radius 2 is 1.97 bits per heavy atom. The molecule has 2 N–H and O–H groups in total. The maximum absolute atomic E-state index is 12.7. The van der Waals surface area contributed by atoms with Crippen LogP contribution in [0.4, 0.5) is 11.6 Å². The number of nitrogens with zero attached hydrogens (tertiary/aromatic N) is 2. The Kier molecular flexibility index (Phi) is 6.16. The summed E-state index contributed by atoms with van der Waals surface area (Å²) in [5, 5.41) is 5.90. The van der Waals surface area contributed by atoms with Crippen LogP contribution >= 0.6 is 0 Å². The molecule has 0 unspecified atom stereocenters. The maximum Gasteiger partial charge on any atom is 0.338 e. The number of carbonyl (C=O) groups excluding carboxylic acids is 2. The molecule has 164 valence electrons. The fourth-order valence-electron chi connectivity index (χ4n) is 3.14. The second kappa shape index (κ2) is 9.34. The summed E-state index contributed by atoms with van der Waals surface area (Å²) >= 11 is 0. The number of esters is 1. The summed E-state index contributed by atoms with van der Waals surface area (Å²) in [5.74, 6) is 1.03. The number of carbonyl (C=O) groups is 2. The minimum atomic E-state index is -0.444. The zero-order chi connectivity index (χ0) is 22.5. The molecule has 9 nitrogen and oxygen atoms in total. The summed E-state index contributed by atoms with van der Waals surface area (Å²) in [6, 6.07) is 12.2. The van der Waals surface area contributed by atoms with E-state index >= 15 is 0 Å². The van der Waals surface area contributed by atoms with E-state index in [0.717, 1.165) is 11.3 Å². The molecule has 2 heterocycles. The third-order valence-corrected chi connectivity index (χ3v) is 4.74. The number of hydrogen-bond donors (Lipinski definition) is 2. The summed E-state index contributed by atoms with van der Waals surface area (Å²) in [5.41, 5.74) is 2.68. The number of rotatable bonds is 7. The zero-order valence-corrected chi connectivity index (χ0v) is 17.7. The SMILES string of the molecule is CCOC(=O)c1cccc(NC(=O)c2cnc(NCc3ccc4c(c3)OCO4)nc2C)c1. The lowest BCUT2D eigenvalue weighted by Crippen LogP contribution is -2.16. The number of fused-ring (bicyclic) bond motifs is 1. The lowest BCUT2D eigenvalue weighted by atomic mass is 10.2. The van der Waals surface area contributed by atoms with Crippen molar-refractivity contribution in [3.63, 3.8) is 0 Å². The van der Waals surface area contributed by atoms with Crippen LogP contribution in [0.3, 0.4) is 0 Å². The highest BCUT2D eigenvalue weighted by atomic mass is 16.7. The van der Waals surface area contributed by atoms with Crippen LogP contribution in [0.5, 0.6) is 11.5 Å². The van der Waals surface area contributed by atoms with Crippen molar-refractivity contribution in [1.29, 1.82) is 0 Å². The first kappa shape index (κ1) is 21.1. The topological polar surface area (TPSA) is 112 Å². The van der Waals surface area contributed by atoms with Gasteiger partial charge in [-0.2, -0.15) is 0 Å². The Hall–Kier alpha value is -4.14. The van der Waals surface area contributed by atoms with Crippen molar-refractivity contribution in [1.82, 2.24) is 9.97 Å². The van der Waals surface area contributed by atoms with Crippen LogP contribution in [0.1, 0.15) is 38.9 Å². The van der Waals surface area contributed by atoms with Gasteiger partial charge < -0.3 is 24.8 Å². The van der Waals surface area contributed by atoms with Crippen molar-refractivity contribution >= 4 is 23.5 Å². The van der Waals surface area contributed by atoms with Gasteiger partial charge in [0.1, 0.15) is 0 Å². The van der Waals surface area contributed by atoms with Crippen molar-refractivity contribution < 1.29 is 23.8 Å². The van der Waals surface area contributed by atoms with E-state index in [9.17, 15) is 9.59 Å². The zero-order valence-electron chi connectivity index (χ0n) is 17.7. The molecule has 2 aromatic carbocycles. The summed E-state index contributed by atoms with van der Waals surface area (Å²) in [4.78, 5) is 33.2. The molecule has 0 aliphatic carbocycles. The van der Waals surface area contributed by atoms with Gasteiger partial charge in [-0.3, -0.25) is 4.79 Å². The van der Waals surface area contributed by atoms with Crippen molar-refractivity contribution in [2.24, 2.45) is 0 Å². The largest absolute Gasteiger partial charge is 0.462 e. The first-order chi connectivity index (χ1) is 15.5. The fraction of sp³-hybridized carbons (Fsp3) is 0.217. The Morgan fingerprint density at radius 1 is 1.12 bits per heavy atom. The molecule has 0 fully saturated rings. The second-order valence-corrected chi connectivity index (χ2v) is 6.99. The molecule has 1 aliphatic heterocycles. The summed E-state index contributed by atoms with van der Waals surface area (Å²) in [7, 11) is 0. The molecule has 0 radical (unpaired) electrons. The van der Waals surface area contributed by atoms with E-state index in [-0.39, 0.29) is 19.3 Å². The van der Waals surface area contributed by atoms with Gasteiger partial charge in [0.15, 0.2) is 11.5 Å². The molecule has 0 atom stereocenters. The van der Waals surface area contributed by atoms with Gasteiger partial charge in [0, 0.05) is 18.4 Å². The summed E-state index contributed by atoms with van der Waals surface area (Å²) in [6.07, 6.45) is 1.47. The maximum atomic E-state index is 12.7. The average molecular weight is 434 g/mol. The number of benzene rings is 2. The van der Waals surface area contributed by atoms with Crippen molar-refractivity contribution in [3.05, 3.63) is 71.0 Å². The first-order valence-corrected chi connectivity index (χ1v) is 10.1. The van der Waals surface area contributed by atoms with Crippen LogP contribution in [0, 0.1) is 6.92 Å².